The number of hydrogen-bond donors (Lipinski definition) is 1. The summed E-state index contributed by atoms with van der Waals surface area (Å²) in [5.41, 5.74) is 1.13. The van der Waals surface area contributed by atoms with E-state index in [0.29, 0.717) is 0 Å². The number of nitrogens with zero attached hydrogens (tertiary/aromatic N) is 1. The third-order valence-electron chi connectivity index (χ3n) is 0.899. The molecule has 1 N–H and O–H groups in total. The summed E-state index contributed by atoms with van der Waals surface area (Å²) in [7, 11) is 0. The topological polar surface area (TPSA) is 28.7 Å². The van der Waals surface area contributed by atoms with Crippen LogP contribution in [-0.4, -0.2) is 9.97 Å². The van der Waals surface area contributed by atoms with E-state index in [1.165, 1.54) is 0 Å². The number of aryl methyl sites for hydroxylation is 1. The van der Waals surface area contributed by atoms with Gasteiger partial charge < -0.3 is 4.98 Å². The molecule has 0 aliphatic carbocycles. The second-order valence-corrected chi connectivity index (χ2v) is 2.19. The molecule has 0 bridgehead atoms. The van der Waals surface area contributed by atoms with Gasteiger partial charge in [-0.1, -0.05) is 15.9 Å². The Balaban J connectivity index is 2.84. The van der Waals surface area contributed by atoms with Crippen LogP contribution in [0.1, 0.15) is 11.5 Å². The maximum Gasteiger partial charge on any atom is 0.103 e. The lowest BCUT2D eigenvalue weighted by atomic mass is 10.6. The zero-order valence-electron chi connectivity index (χ0n) is 4.61. The van der Waals surface area contributed by atoms with Gasteiger partial charge in [-0.2, -0.15) is 0 Å². The van der Waals surface area contributed by atoms with Gasteiger partial charge in [0.2, 0.25) is 0 Å². The highest BCUT2D eigenvalue weighted by atomic mass is 79.9. The number of alkyl halides is 1. The first kappa shape index (κ1) is 5.82. The first-order chi connectivity index (χ1) is 3.83. The van der Waals surface area contributed by atoms with E-state index in [9.17, 15) is 0 Å². The minimum atomic E-state index is 0.855. The first-order valence-corrected chi connectivity index (χ1v) is 3.51. The lowest BCUT2D eigenvalue weighted by Gasteiger charge is -1.80. The average Bonchev–Trinajstić information content (AvgIpc) is 2.14. The summed E-state index contributed by atoms with van der Waals surface area (Å²) in [6.45, 7) is 1.94. The Hall–Kier alpha value is -0.310. The SMILES string of the molecule is Cc1ncc(CBr)[nH]1. The van der Waals surface area contributed by atoms with E-state index in [-0.39, 0.29) is 0 Å². The molecule has 0 aliphatic heterocycles. The largest absolute Gasteiger partial charge is 0.345 e. The molecule has 0 aromatic carbocycles. The molecular formula is C5H7BrN2. The quantitative estimate of drug-likeness (QED) is 0.645. The fraction of sp³-hybridized carbons (Fsp3) is 0.400. The van der Waals surface area contributed by atoms with Gasteiger partial charge in [-0.3, -0.25) is 0 Å². The molecule has 0 spiro atoms. The van der Waals surface area contributed by atoms with Crippen molar-refractivity contribution in [3.05, 3.63) is 17.7 Å². The monoisotopic (exact) mass is 174 g/mol. The smallest absolute Gasteiger partial charge is 0.103 e. The third-order valence-corrected chi connectivity index (χ3v) is 1.50. The minimum Gasteiger partial charge on any atom is -0.345 e. The van der Waals surface area contributed by atoms with Gasteiger partial charge in [-0.05, 0) is 6.92 Å². The predicted molar refractivity (Wildman–Crippen MR) is 36.0 cm³/mol. The zero-order valence-corrected chi connectivity index (χ0v) is 6.20. The summed E-state index contributed by atoms with van der Waals surface area (Å²) in [5.74, 6) is 0.972. The van der Waals surface area contributed by atoms with Crippen molar-refractivity contribution in [2.24, 2.45) is 0 Å². The molecule has 44 valence electrons. The summed E-state index contributed by atoms with van der Waals surface area (Å²) in [6, 6.07) is 0. The van der Waals surface area contributed by atoms with E-state index >= 15 is 0 Å². The lowest BCUT2D eigenvalue weighted by molar-refractivity contribution is 1.12. The standard InChI is InChI=1S/C5H7BrN2/c1-4-7-3-5(2-6)8-4/h3H,2H2,1H3,(H,7,8). The maximum absolute atomic E-state index is 4.00. The highest BCUT2D eigenvalue weighted by Crippen LogP contribution is 1.99. The van der Waals surface area contributed by atoms with Crippen LogP contribution in [0, 0.1) is 6.92 Å². The second-order valence-electron chi connectivity index (χ2n) is 1.63. The highest BCUT2D eigenvalue weighted by molar-refractivity contribution is 9.08. The van der Waals surface area contributed by atoms with E-state index in [1.807, 2.05) is 13.1 Å². The number of aromatic nitrogens is 2. The van der Waals surface area contributed by atoms with Crippen LogP contribution in [0.3, 0.4) is 0 Å². The highest BCUT2D eigenvalue weighted by Gasteiger charge is 1.90. The number of aromatic amines is 1. The van der Waals surface area contributed by atoms with Crippen molar-refractivity contribution in [3.8, 4) is 0 Å². The molecule has 1 aromatic rings. The maximum atomic E-state index is 4.00. The van der Waals surface area contributed by atoms with Crippen LogP contribution >= 0.6 is 15.9 Å². The van der Waals surface area contributed by atoms with Crippen LogP contribution in [-0.2, 0) is 5.33 Å². The van der Waals surface area contributed by atoms with E-state index < -0.39 is 0 Å². The third kappa shape index (κ3) is 1.10. The summed E-state index contributed by atoms with van der Waals surface area (Å²) in [6.07, 6.45) is 1.82. The molecule has 8 heavy (non-hydrogen) atoms. The van der Waals surface area contributed by atoms with Gasteiger partial charge in [-0.25, -0.2) is 4.98 Å². The van der Waals surface area contributed by atoms with Crippen LogP contribution in [0.15, 0.2) is 6.20 Å². The number of imidazole rings is 1. The van der Waals surface area contributed by atoms with Crippen molar-refractivity contribution in [1.29, 1.82) is 0 Å². The number of halogens is 1. The van der Waals surface area contributed by atoms with Crippen molar-refractivity contribution in [1.82, 2.24) is 9.97 Å². The van der Waals surface area contributed by atoms with E-state index in [2.05, 4.69) is 25.9 Å². The van der Waals surface area contributed by atoms with Crippen molar-refractivity contribution in [2.45, 2.75) is 12.3 Å². The minimum absolute atomic E-state index is 0.855. The van der Waals surface area contributed by atoms with Crippen LogP contribution in [0.2, 0.25) is 0 Å². The molecule has 0 fully saturated rings. The second kappa shape index (κ2) is 2.31. The molecule has 0 unspecified atom stereocenters. The van der Waals surface area contributed by atoms with Crippen LogP contribution in [0.4, 0.5) is 0 Å². The predicted octanol–water partition coefficient (Wildman–Crippen LogP) is 1.61. The zero-order chi connectivity index (χ0) is 5.98. The van der Waals surface area contributed by atoms with Crippen molar-refractivity contribution in [2.75, 3.05) is 0 Å². The Kier molecular flexibility index (Phi) is 1.68. The summed E-state index contributed by atoms with van der Waals surface area (Å²) in [5, 5.41) is 0.855. The molecule has 2 nitrogen and oxygen atoms in total. The van der Waals surface area contributed by atoms with Crippen molar-refractivity contribution in [3.63, 3.8) is 0 Å². The molecule has 0 aliphatic rings. The lowest BCUT2D eigenvalue weighted by Crippen LogP contribution is -1.74. The number of rotatable bonds is 1. The number of H-pyrrole nitrogens is 1. The van der Waals surface area contributed by atoms with Crippen LogP contribution in [0.25, 0.3) is 0 Å². The summed E-state index contributed by atoms with van der Waals surface area (Å²) in [4.78, 5) is 7.07. The van der Waals surface area contributed by atoms with Crippen LogP contribution in [0.5, 0.6) is 0 Å². The average molecular weight is 175 g/mol. The molecule has 0 radical (unpaired) electrons. The van der Waals surface area contributed by atoms with E-state index in [4.69, 9.17) is 0 Å². The Bertz CT molecular complexity index is 171. The fourth-order valence-electron chi connectivity index (χ4n) is 0.540. The molecule has 1 aromatic heterocycles. The van der Waals surface area contributed by atoms with Gasteiger partial charge in [0, 0.05) is 17.2 Å². The number of hydrogen-bond acceptors (Lipinski definition) is 1. The van der Waals surface area contributed by atoms with Gasteiger partial charge >= 0.3 is 0 Å². The van der Waals surface area contributed by atoms with E-state index in [1.54, 1.807) is 0 Å². The Morgan fingerprint density at radius 1 is 1.88 bits per heavy atom. The molecular weight excluding hydrogens is 168 g/mol. The molecule has 0 amide bonds. The first-order valence-electron chi connectivity index (χ1n) is 2.39. The summed E-state index contributed by atoms with van der Waals surface area (Å²) >= 11 is 3.30. The van der Waals surface area contributed by atoms with Gasteiger partial charge in [0.15, 0.2) is 0 Å². The molecule has 0 saturated carbocycles. The molecule has 0 saturated heterocycles. The van der Waals surface area contributed by atoms with Crippen molar-refractivity contribution >= 4 is 15.9 Å². The summed E-state index contributed by atoms with van der Waals surface area (Å²) < 4.78 is 0. The molecule has 3 heteroatoms. The Labute approximate surface area is 56.5 Å². The van der Waals surface area contributed by atoms with Gasteiger partial charge in [-0.15, -0.1) is 0 Å². The van der Waals surface area contributed by atoms with Gasteiger partial charge in [0.1, 0.15) is 5.82 Å². The van der Waals surface area contributed by atoms with Crippen molar-refractivity contribution < 1.29 is 0 Å². The van der Waals surface area contributed by atoms with E-state index in [0.717, 1.165) is 16.8 Å². The Morgan fingerprint density at radius 2 is 2.62 bits per heavy atom. The molecule has 1 heterocycles. The Morgan fingerprint density at radius 3 is 2.88 bits per heavy atom. The molecule has 1 rings (SSSR count). The fourth-order valence-corrected chi connectivity index (χ4v) is 0.825. The van der Waals surface area contributed by atoms with Gasteiger partial charge in [0.25, 0.3) is 0 Å². The normalized spacial score (nSPS) is 9.75. The van der Waals surface area contributed by atoms with Gasteiger partial charge in [0.05, 0.1) is 0 Å². The number of nitrogens with one attached hydrogen (secondary N) is 1. The molecule has 0 atom stereocenters. The van der Waals surface area contributed by atoms with Crippen LogP contribution < -0.4 is 0 Å².